The predicted octanol–water partition coefficient (Wildman–Crippen LogP) is 1.34. The third-order valence-corrected chi connectivity index (χ3v) is 5.57. The largest absolute Gasteiger partial charge is 0.490 e. The summed E-state index contributed by atoms with van der Waals surface area (Å²) in [6, 6.07) is 7.16. The molecule has 8 nitrogen and oxygen atoms in total. The Kier molecular flexibility index (Phi) is 5.34. The number of hydrogen-bond donors (Lipinski definition) is 2. The molecule has 24 heavy (non-hydrogen) atoms. The fourth-order valence-corrected chi connectivity index (χ4v) is 3.80. The highest BCUT2D eigenvalue weighted by Gasteiger charge is 2.28. The fourth-order valence-electron chi connectivity index (χ4n) is 2.46. The SMILES string of the molecule is O=S(=O)(NCc1cnn[nH]1)N1CCC(Oc2ccc(Cl)cc2)CC1. The summed E-state index contributed by atoms with van der Waals surface area (Å²) in [5.41, 5.74) is 0.611. The Hall–Kier alpha value is -1.68. The monoisotopic (exact) mass is 371 g/mol. The maximum Gasteiger partial charge on any atom is 0.279 e. The van der Waals surface area contributed by atoms with Crippen LogP contribution >= 0.6 is 11.6 Å². The van der Waals surface area contributed by atoms with E-state index < -0.39 is 10.2 Å². The summed E-state index contributed by atoms with van der Waals surface area (Å²) in [6.07, 6.45) is 2.74. The molecule has 130 valence electrons. The van der Waals surface area contributed by atoms with Crippen molar-refractivity contribution in [2.75, 3.05) is 13.1 Å². The van der Waals surface area contributed by atoms with E-state index in [-0.39, 0.29) is 12.6 Å². The topological polar surface area (TPSA) is 100 Å². The zero-order valence-electron chi connectivity index (χ0n) is 12.9. The van der Waals surface area contributed by atoms with Gasteiger partial charge in [0.2, 0.25) is 0 Å². The summed E-state index contributed by atoms with van der Waals surface area (Å²) < 4.78 is 34.4. The number of nitrogens with one attached hydrogen (secondary N) is 2. The van der Waals surface area contributed by atoms with Crippen molar-refractivity contribution >= 4 is 21.8 Å². The predicted molar refractivity (Wildman–Crippen MR) is 88.8 cm³/mol. The Labute approximate surface area is 145 Å². The van der Waals surface area contributed by atoms with E-state index in [0.717, 1.165) is 5.75 Å². The molecule has 2 aromatic rings. The number of aromatic nitrogens is 3. The Bertz CT molecular complexity index is 743. The molecule has 1 aliphatic rings. The molecule has 0 unspecified atom stereocenters. The van der Waals surface area contributed by atoms with Gasteiger partial charge in [0.1, 0.15) is 11.9 Å². The third kappa shape index (κ3) is 4.44. The first-order valence-electron chi connectivity index (χ1n) is 7.55. The lowest BCUT2D eigenvalue weighted by atomic mass is 10.1. The molecule has 1 aromatic heterocycles. The van der Waals surface area contributed by atoms with Crippen molar-refractivity contribution < 1.29 is 13.2 Å². The van der Waals surface area contributed by atoms with Gasteiger partial charge in [-0.15, -0.1) is 5.10 Å². The van der Waals surface area contributed by atoms with E-state index in [1.807, 2.05) is 12.1 Å². The second kappa shape index (κ2) is 7.47. The second-order valence-corrected chi connectivity index (χ2v) is 7.67. The van der Waals surface area contributed by atoms with Gasteiger partial charge in [0.25, 0.3) is 10.2 Å². The van der Waals surface area contributed by atoms with Crippen molar-refractivity contribution in [1.82, 2.24) is 24.4 Å². The van der Waals surface area contributed by atoms with Crippen molar-refractivity contribution in [3.8, 4) is 5.75 Å². The maximum atomic E-state index is 12.3. The normalized spacial score (nSPS) is 17.0. The Morgan fingerprint density at radius 2 is 2.00 bits per heavy atom. The zero-order chi connectivity index (χ0) is 17.0. The molecular formula is C14H18ClN5O3S. The van der Waals surface area contributed by atoms with E-state index in [4.69, 9.17) is 16.3 Å². The summed E-state index contributed by atoms with van der Waals surface area (Å²) in [6.45, 7) is 0.959. The number of nitrogens with zero attached hydrogens (tertiary/aromatic N) is 3. The lowest BCUT2D eigenvalue weighted by Crippen LogP contribution is -2.46. The Morgan fingerprint density at radius 1 is 1.29 bits per heavy atom. The highest BCUT2D eigenvalue weighted by molar-refractivity contribution is 7.87. The number of hydrogen-bond acceptors (Lipinski definition) is 5. The van der Waals surface area contributed by atoms with E-state index in [1.165, 1.54) is 10.5 Å². The lowest BCUT2D eigenvalue weighted by Gasteiger charge is -2.31. The number of rotatable bonds is 6. The van der Waals surface area contributed by atoms with Crippen LogP contribution in [0, 0.1) is 0 Å². The second-order valence-electron chi connectivity index (χ2n) is 5.48. The van der Waals surface area contributed by atoms with Gasteiger partial charge in [0, 0.05) is 18.1 Å². The number of H-pyrrole nitrogens is 1. The van der Waals surface area contributed by atoms with Gasteiger partial charge >= 0.3 is 0 Å². The minimum absolute atomic E-state index is 0.00516. The average Bonchev–Trinajstić information content (AvgIpc) is 3.09. The van der Waals surface area contributed by atoms with Gasteiger partial charge in [-0.1, -0.05) is 16.8 Å². The van der Waals surface area contributed by atoms with Crippen molar-refractivity contribution in [2.24, 2.45) is 0 Å². The van der Waals surface area contributed by atoms with E-state index in [9.17, 15) is 8.42 Å². The zero-order valence-corrected chi connectivity index (χ0v) is 14.4. The minimum Gasteiger partial charge on any atom is -0.490 e. The summed E-state index contributed by atoms with van der Waals surface area (Å²) in [4.78, 5) is 0. The molecule has 0 bridgehead atoms. The molecule has 0 amide bonds. The summed E-state index contributed by atoms with van der Waals surface area (Å²) in [5, 5.41) is 10.4. The van der Waals surface area contributed by atoms with E-state index in [2.05, 4.69) is 20.1 Å². The van der Waals surface area contributed by atoms with Crippen LogP contribution in [-0.4, -0.2) is 47.3 Å². The Morgan fingerprint density at radius 3 is 2.62 bits per heavy atom. The van der Waals surface area contributed by atoms with Crippen molar-refractivity contribution in [2.45, 2.75) is 25.5 Å². The summed E-state index contributed by atoms with van der Waals surface area (Å²) >= 11 is 5.84. The van der Waals surface area contributed by atoms with Gasteiger partial charge in [0.15, 0.2) is 0 Å². The molecule has 1 fully saturated rings. The first kappa shape index (κ1) is 17.2. The summed E-state index contributed by atoms with van der Waals surface area (Å²) in [5.74, 6) is 0.741. The number of aromatic amines is 1. The number of piperidine rings is 1. The first-order valence-corrected chi connectivity index (χ1v) is 9.36. The third-order valence-electron chi connectivity index (χ3n) is 3.77. The van der Waals surface area contributed by atoms with Crippen LogP contribution in [0.4, 0.5) is 0 Å². The van der Waals surface area contributed by atoms with E-state index >= 15 is 0 Å². The van der Waals surface area contributed by atoms with Crippen molar-refractivity contribution in [3.63, 3.8) is 0 Å². The maximum absolute atomic E-state index is 12.3. The molecular weight excluding hydrogens is 354 g/mol. The van der Waals surface area contributed by atoms with Gasteiger partial charge in [0.05, 0.1) is 18.4 Å². The van der Waals surface area contributed by atoms with Crippen LogP contribution in [0.25, 0.3) is 0 Å². The summed E-state index contributed by atoms with van der Waals surface area (Å²) in [7, 11) is -3.53. The van der Waals surface area contributed by atoms with Crippen LogP contribution in [0.5, 0.6) is 5.75 Å². The van der Waals surface area contributed by atoms with Crippen molar-refractivity contribution in [1.29, 1.82) is 0 Å². The molecule has 2 heterocycles. The molecule has 1 aromatic carbocycles. The van der Waals surface area contributed by atoms with Gasteiger partial charge in [-0.05, 0) is 37.1 Å². The number of ether oxygens (including phenoxy) is 1. The molecule has 10 heteroatoms. The molecule has 0 aliphatic carbocycles. The Balaban J connectivity index is 1.49. The van der Waals surface area contributed by atoms with Crippen LogP contribution in [0.1, 0.15) is 18.5 Å². The quantitative estimate of drug-likeness (QED) is 0.798. The van der Waals surface area contributed by atoms with Gasteiger partial charge in [-0.25, -0.2) is 0 Å². The van der Waals surface area contributed by atoms with Crippen LogP contribution in [-0.2, 0) is 16.8 Å². The standard InChI is InChI=1S/C14H18ClN5O3S/c15-11-1-3-13(4-2-11)23-14-5-7-20(8-6-14)24(21,22)17-10-12-9-16-19-18-12/h1-4,9,14,17H,5-8,10H2,(H,16,18,19). The van der Waals surface area contributed by atoms with Gasteiger partial charge in [-0.2, -0.15) is 17.4 Å². The highest BCUT2D eigenvalue weighted by Crippen LogP contribution is 2.21. The molecule has 3 rings (SSSR count). The molecule has 1 aliphatic heterocycles. The van der Waals surface area contributed by atoms with Crippen molar-refractivity contribution in [3.05, 3.63) is 41.2 Å². The van der Waals surface area contributed by atoms with Crippen LogP contribution in [0.15, 0.2) is 30.5 Å². The molecule has 0 saturated carbocycles. The number of halogens is 1. The van der Waals surface area contributed by atoms with E-state index in [1.54, 1.807) is 12.1 Å². The number of benzene rings is 1. The minimum atomic E-state index is -3.53. The first-order chi connectivity index (χ1) is 11.5. The van der Waals surface area contributed by atoms with E-state index in [0.29, 0.717) is 36.6 Å². The average molecular weight is 372 g/mol. The molecule has 2 N–H and O–H groups in total. The van der Waals surface area contributed by atoms with Crippen LogP contribution < -0.4 is 9.46 Å². The lowest BCUT2D eigenvalue weighted by molar-refractivity contribution is 0.134. The highest BCUT2D eigenvalue weighted by atomic mass is 35.5. The van der Waals surface area contributed by atoms with Gasteiger partial charge < -0.3 is 4.74 Å². The molecule has 0 atom stereocenters. The molecule has 1 saturated heterocycles. The van der Waals surface area contributed by atoms with Crippen LogP contribution in [0.2, 0.25) is 5.02 Å². The fraction of sp³-hybridized carbons (Fsp3) is 0.429. The van der Waals surface area contributed by atoms with Gasteiger partial charge in [-0.3, -0.25) is 5.10 Å². The molecule has 0 radical (unpaired) electrons. The molecule has 0 spiro atoms. The smallest absolute Gasteiger partial charge is 0.279 e. The van der Waals surface area contributed by atoms with Crippen LogP contribution in [0.3, 0.4) is 0 Å².